The van der Waals surface area contributed by atoms with Crippen LogP contribution >= 0.6 is 0 Å². The van der Waals surface area contributed by atoms with Gasteiger partial charge in [-0.15, -0.1) is 0 Å². The molecule has 1 N–H and O–H groups in total. The lowest BCUT2D eigenvalue weighted by atomic mass is 10.1. The van der Waals surface area contributed by atoms with E-state index in [1.807, 2.05) is 28.8 Å². The van der Waals surface area contributed by atoms with E-state index in [0.29, 0.717) is 5.69 Å². The second-order valence-corrected chi connectivity index (χ2v) is 5.30. The normalized spacial score (nSPS) is 20.1. The summed E-state index contributed by atoms with van der Waals surface area (Å²) in [6.45, 7) is 5.28. The van der Waals surface area contributed by atoms with Gasteiger partial charge in [-0.3, -0.25) is 4.79 Å². The fraction of sp³-hybridized carbons (Fsp3) is 0.467. The maximum Gasteiger partial charge on any atom is 0.271 e. The summed E-state index contributed by atoms with van der Waals surface area (Å²) < 4.78 is 1.87. The number of likely N-dealkylation sites (tertiary alicyclic amines) is 1. The SMILES string of the molecule is CCN1CCCC(NC(=O)c2cn3ccccc3n2)C1. The number of nitrogens with zero attached hydrogens (tertiary/aromatic N) is 3. The van der Waals surface area contributed by atoms with Crippen LogP contribution in [0.15, 0.2) is 30.6 Å². The number of rotatable bonds is 3. The first-order chi connectivity index (χ1) is 9.76. The summed E-state index contributed by atoms with van der Waals surface area (Å²) in [5, 5.41) is 3.10. The van der Waals surface area contributed by atoms with Crippen LogP contribution in [0.5, 0.6) is 0 Å². The zero-order valence-corrected chi connectivity index (χ0v) is 11.7. The van der Waals surface area contributed by atoms with Crippen molar-refractivity contribution >= 4 is 11.6 Å². The minimum absolute atomic E-state index is 0.0725. The predicted molar refractivity (Wildman–Crippen MR) is 77.8 cm³/mol. The first kappa shape index (κ1) is 13.1. The van der Waals surface area contributed by atoms with Gasteiger partial charge in [0.15, 0.2) is 0 Å². The lowest BCUT2D eigenvalue weighted by molar-refractivity contribution is 0.0901. The molecule has 1 atom stereocenters. The van der Waals surface area contributed by atoms with Gasteiger partial charge in [0, 0.05) is 25.0 Å². The molecule has 2 aromatic heterocycles. The lowest BCUT2D eigenvalue weighted by Gasteiger charge is -2.32. The van der Waals surface area contributed by atoms with Gasteiger partial charge in [0.05, 0.1) is 0 Å². The van der Waals surface area contributed by atoms with Gasteiger partial charge in [0.1, 0.15) is 11.3 Å². The Labute approximate surface area is 118 Å². The van der Waals surface area contributed by atoms with E-state index < -0.39 is 0 Å². The number of amides is 1. The van der Waals surface area contributed by atoms with Gasteiger partial charge in [-0.1, -0.05) is 13.0 Å². The molecule has 20 heavy (non-hydrogen) atoms. The summed E-state index contributed by atoms with van der Waals surface area (Å²) in [7, 11) is 0. The molecule has 5 heteroatoms. The third kappa shape index (κ3) is 2.67. The Bertz CT molecular complexity index is 574. The van der Waals surface area contributed by atoms with E-state index in [4.69, 9.17) is 0 Å². The quantitative estimate of drug-likeness (QED) is 0.922. The van der Waals surface area contributed by atoms with Crippen LogP contribution in [-0.2, 0) is 0 Å². The van der Waals surface area contributed by atoms with Crippen LogP contribution in [0.4, 0.5) is 0 Å². The maximum absolute atomic E-state index is 12.3. The zero-order valence-electron chi connectivity index (χ0n) is 11.7. The minimum Gasteiger partial charge on any atom is -0.347 e. The van der Waals surface area contributed by atoms with Gasteiger partial charge < -0.3 is 14.6 Å². The zero-order chi connectivity index (χ0) is 13.9. The molecule has 1 amide bonds. The number of hydrogen-bond donors (Lipinski definition) is 1. The number of likely N-dealkylation sites (N-methyl/N-ethyl adjacent to an activating group) is 1. The third-order valence-electron chi connectivity index (χ3n) is 3.88. The van der Waals surface area contributed by atoms with Gasteiger partial charge in [-0.05, 0) is 38.1 Å². The highest BCUT2D eigenvalue weighted by molar-refractivity contribution is 5.93. The van der Waals surface area contributed by atoms with Crippen molar-refractivity contribution in [2.45, 2.75) is 25.8 Å². The fourth-order valence-electron chi connectivity index (χ4n) is 2.76. The van der Waals surface area contributed by atoms with E-state index in [1.165, 1.54) is 0 Å². The molecule has 0 aromatic carbocycles. The van der Waals surface area contributed by atoms with E-state index >= 15 is 0 Å². The minimum atomic E-state index is -0.0725. The molecule has 0 spiro atoms. The molecule has 5 nitrogen and oxygen atoms in total. The Kier molecular flexibility index (Phi) is 3.69. The van der Waals surface area contributed by atoms with Crippen LogP contribution < -0.4 is 5.32 Å². The Balaban J connectivity index is 1.69. The maximum atomic E-state index is 12.3. The highest BCUT2D eigenvalue weighted by atomic mass is 16.2. The molecular weight excluding hydrogens is 252 g/mol. The van der Waals surface area contributed by atoms with Crippen molar-refractivity contribution in [3.63, 3.8) is 0 Å². The van der Waals surface area contributed by atoms with E-state index in [1.54, 1.807) is 6.20 Å². The molecule has 106 valence electrons. The smallest absolute Gasteiger partial charge is 0.271 e. The lowest BCUT2D eigenvalue weighted by Crippen LogP contribution is -2.47. The monoisotopic (exact) mass is 272 g/mol. The van der Waals surface area contributed by atoms with Crippen LogP contribution in [-0.4, -0.2) is 45.9 Å². The standard InChI is InChI=1S/C15H20N4O/c1-2-18-8-5-6-12(10-18)16-15(20)13-11-19-9-4-3-7-14(19)17-13/h3-4,7,9,11-12H,2,5-6,8,10H2,1H3,(H,16,20). The Morgan fingerprint density at radius 1 is 1.50 bits per heavy atom. The molecule has 1 fully saturated rings. The molecular formula is C15H20N4O. The fourth-order valence-corrected chi connectivity index (χ4v) is 2.76. The second-order valence-electron chi connectivity index (χ2n) is 5.30. The summed E-state index contributed by atoms with van der Waals surface area (Å²) in [6.07, 6.45) is 5.88. The number of carbonyl (C=O) groups is 1. The Hall–Kier alpha value is -1.88. The number of nitrogens with one attached hydrogen (secondary N) is 1. The van der Waals surface area contributed by atoms with Gasteiger partial charge in [0.2, 0.25) is 0 Å². The topological polar surface area (TPSA) is 49.6 Å². The van der Waals surface area contributed by atoms with Gasteiger partial charge in [-0.2, -0.15) is 0 Å². The Morgan fingerprint density at radius 3 is 3.20 bits per heavy atom. The molecule has 1 saturated heterocycles. The van der Waals surface area contributed by atoms with Gasteiger partial charge >= 0.3 is 0 Å². The average Bonchev–Trinajstić information content (AvgIpc) is 2.91. The van der Waals surface area contributed by atoms with Crippen LogP contribution in [0.25, 0.3) is 5.65 Å². The summed E-state index contributed by atoms with van der Waals surface area (Å²) in [5.74, 6) is -0.0725. The number of imidazole rings is 1. The van der Waals surface area contributed by atoms with E-state index in [9.17, 15) is 4.79 Å². The number of hydrogen-bond acceptors (Lipinski definition) is 3. The Morgan fingerprint density at radius 2 is 2.40 bits per heavy atom. The number of fused-ring (bicyclic) bond motifs is 1. The molecule has 3 rings (SSSR count). The molecule has 0 radical (unpaired) electrons. The van der Waals surface area contributed by atoms with Crippen LogP contribution in [0, 0.1) is 0 Å². The molecule has 1 aliphatic heterocycles. The van der Waals surface area contributed by atoms with Gasteiger partial charge in [-0.25, -0.2) is 4.98 Å². The van der Waals surface area contributed by atoms with Crippen LogP contribution in [0.2, 0.25) is 0 Å². The summed E-state index contributed by atoms with van der Waals surface area (Å²) >= 11 is 0. The van der Waals surface area contributed by atoms with E-state index in [-0.39, 0.29) is 11.9 Å². The molecule has 3 heterocycles. The largest absolute Gasteiger partial charge is 0.347 e. The van der Waals surface area contributed by atoms with Crippen molar-refractivity contribution in [3.8, 4) is 0 Å². The van der Waals surface area contributed by atoms with Crippen LogP contribution in [0.3, 0.4) is 0 Å². The number of piperidine rings is 1. The molecule has 2 aromatic rings. The summed E-state index contributed by atoms with van der Waals surface area (Å²) in [6, 6.07) is 5.98. The third-order valence-corrected chi connectivity index (χ3v) is 3.88. The number of carbonyl (C=O) groups excluding carboxylic acids is 1. The number of aromatic nitrogens is 2. The molecule has 0 bridgehead atoms. The van der Waals surface area contributed by atoms with E-state index in [2.05, 4.69) is 22.1 Å². The van der Waals surface area contributed by atoms with Gasteiger partial charge in [0.25, 0.3) is 5.91 Å². The van der Waals surface area contributed by atoms with Crippen molar-refractivity contribution in [2.75, 3.05) is 19.6 Å². The molecule has 1 aliphatic rings. The second kappa shape index (κ2) is 5.63. The molecule has 0 saturated carbocycles. The van der Waals surface area contributed by atoms with Crippen molar-refractivity contribution in [3.05, 3.63) is 36.3 Å². The molecule has 0 aliphatic carbocycles. The van der Waals surface area contributed by atoms with Crippen LogP contribution in [0.1, 0.15) is 30.3 Å². The summed E-state index contributed by atoms with van der Waals surface area (Å²) in [4.78, 5) is 19.0. The average molecular weight is 272 g/mol. The van der Waals surface area contributed by atoms with Crippen molar-refractivity contribution in [1.82, 2.24) is 19.6 Å². The van der Waals surface area contributed by atoms with Crippen molar-refractivity contribution < 1.29 is 4.79 Å². The first-order valence-electron chi connectivity index (χ1n) is 7.23. The summed E-state index contributed by atoms with van der Waals surface area (Å²) in [5.41, 5.74) is 1.29. The van der Waals surface area contributed by atoms with Crippen molar-refractivity contribution in [1.29, 1.82) is 0 Å². The van der Waals surface area contributed by atoms with E-state index in [0.717, 1.165) is 38.1 Å². The first-order valence-corrected chi connectivity index (χ1v) is 7.23. The highest BCUT2D eigenvalue weighted by Gasteiger charge is 2.21. The van der Waals surface area contributed by atoms with Crippen molar-refractivity contribution in [2.24, 2.45) is 0 Å². The molecule has 1 unspecified atom stereocenters. The highest BCUT2D eigenvalue weighted by Crippen LogP contribution is 2.11. The number of pyridine rings is 1. The predicted octanol–water partition coefficient (Wildman–Crippen LogP) is 1.55.